The molecular formula is C12H13ClN2OS. The molecule has 90 valence electrons. The molecule has 0 aliphatic carbocycles. The van der Waals surface area contributed by atoms with E-state index in [9.17, 15) is 0 Å². The summed E-state index contributed by atoms with van der Waals surface area (Å²) in [7, 11) is 1.66. The van der Waals surface area contributed by atoms with Gasteiger partial charge in [0.1, 0.15) is 11.3 Å². The molecule has 1 fully saturated rings. The number of thiazole rings is 1. The average molecular weight is 269 g/mol. The lowest BCUT2D eigenvalue weighted by Gasteiger charge is -2.11. The van der Waals surface area contributed by atoms with Crippen LogP contribution in [0.2, 0.25) is 5.02 Å². The van der Waals surface area contributed by atoms with E-state index in [4.69, 9.17) is 16.3 Å². The number of hydrogen-bond acceptors (Lipinski definition) is 4. The van der Waals surface area contributed by atoms with Crippen LogP contribution in [-0.4, -0.2) is 25.2 Å². The molecule has 1 saturated heterocycles. The third-order valence-electron chi connectivity index (χ3n) is 3.04. The first kappa shape index (κ1) is 11.1. The molecule has 3 nitrogen and oxygen atoms in total. The van der Waals surface area contributed by atoms with Gasteiger partial charge in [0.05, 0.1) is 16.8 Å². The lowest BCUT2D eigenvalue weighted by Crippen LogP contribution is -2.16. The molecule has 3 rings (SSSR count). The van der Waals surface area contributed by atoms with E-state index in [1.807, 2.05) is 12.1 Å². The minimum atomic E-state index is 0.753. The van der Waals surface area contributed by atoms with E-state index < -0.39 is 0 Å². The monoisotopic (exact) mass is 268 g/mol. The van der Waals surface area contributed by atoms with Gasteiger partial charge in [-0.2, -0.15) is 0 Å². The molecule has 0 bridgehead atoms. The minimum Gasteiger partial charge on any atom is -0.494 e. The molecule has 1 aliphatic rings. The minimum absolute atomic E-state index is 0.753. The number of rotatable bonds is 2. The highest BCUT2D eigenvalue weighted by molar-refractivity contribution is 7.22. The standard InChI is InChI=1S/C12H13ClN2OS/c1-16-9-5-4-8(13)11-10(9)14-12(17-11)15-6-2-3-7-15/h4-5H,2-3,6-7H2,1H3. The Kier molecular flexibility index (Phi) is 2.84. The number of benzene rings is 1. The molecule has 0 saturated carbocycles. The second kappa shape index (κ2) is 4.35. The zero-order chi connectivity index (χ0) is 11.8. The van der Waals surface area contributed by atoms with Crippen molar-refractivity contribution in [3.63, 3.8) is 0 Å². The van der Waals surface area contributed by atoms with E-state index in [0.29, 0.717) is 0 Å². The Morgan fingerprint density at radius 2 is 2.12 bits per heavy atom. The summed E-state index contributed by atoms with van der Waals surface area (Å²) in [6.07, 6.45) is 2.50. The van der Waals surface area contributed by atoms with E-state index in [0.717, 1.165) is 39.2 Å². The molecule has 0 unspecified atom stereocenters. The molecule has 1 aromatic carbocycles. The van der Waals surface area contributed by atoms with Crippen LogP contribution < -0.4 is 9.64 Å². The topological polar surface area (TPSA) is 25.4 Å². The molecule has 0 atom stereocenters. The van der Waals surface area contributed by atoms with E-state index >= 15 is 0 Å². The first-order chi connectivity index (χ1) is 8.29. The fourth-order valence-corrected chi connectivity index (χ4v) is 3.46. The van der Waals surface area contributed by atoms with E-state index in [1.54, 1.807) is 18.4 Å². The lowest BCUT2D eigenvalue weighted by atomic mass is 10.3. The zero-order valence-electron chi connectivity index (χ0n) is 9.57. The molecule has 0 amide bonds. The fourth-order valence-electron chi connectivity index (χ4n) is 2.15. The number of methoxy groups -OCH3 is 1. The third-order valence-corrected chi connectivity index (χ3v) is 4.62. The summed E-state index contributed by atoms with van der Waals surface area (Å²) in [5.41, 5.74) is 0.881. The Bertz CT molecular complexity index is 549. The van der Waals surface area contributed by atoms with Gasteiger partial charge in [-0.1, -0.05) is 22.9 Å². The van der Waals surface area contributed by atoms with Gasteiger partial charge in [0.2, 0.25) is 0 Å². The first-order valence-electron chi connectivity index (χ1n) is 5.67. The van der Waals surface area contributed by atoms with Crippen molar-refractivity contribution in [2.45, 2.75) is 12.8 Å². The maximum atomic E-state index is 6.20. The Morgan fingerprint density at radius 3 is 2.82 bits per heavy atom. The van der Waals surface area contributed by atoms with Crippen LogP contribution in [0.3, 0.4) is 0 Å². The van der Waals surface area contributed by atoms with Crippen LogP contribution in [-0.2, 0) is 0 Å². The second-order valence-electron chi connectivity index (χ2n) is 4.12. The number of ether oxygens (including phenoxy) is 1. The highest BCUT2D eigenvalue weighted by Crippen LogP contribution is 2.39. The molecule has 2 heterocycles. The Balaban J connectivity index is 2.13. The quantitative estimate of drug-likeness (QED) is 0.833. The van der Waals surface area contributed by atoms with Gasteiger partial charge in [-0.3, -0.25) is 0 Å². The van der Waals surface area contributed by atoms with Crippen molar-refractivity contribution in [3.05, 3.63) is 17.2 Å². The van der Waals surface area contributed by atoms with Gasteiger partial charge in [0.15, 0.2) is 5.13 Å². The number of anilines is 1. The summed E-state index contributed by atoms with van der Waals surface area (Å²) in [6.45, 7) is 2.19. The van der Waals surface area contributed by atoms with Crippen LogP contribution in [0.4, 0.5) is 5.13 Å². The molecule has 0 spiro atoms. The first-order valence-corrected chi connectivity index (χ1v) is 6.87. The van der Waals surface area contributed by atoms with Gasteiger partial charge in [-0.05, 0) is 25.0 Å². The van der Waals surface area contributed by atoms with E-state index in [2.05, 4.69) is 9.88 Å². The second-order valence-corrected chi connectivity index (χ2v) is 5.50. The molecule has 2 aromatic rings. The maximum absolute atomic E-state index is 6.20. The van der Waals surface area contributed by atoms with Crippen molar-refractivity contribution < 1.29 is 4.74 Å². The van der Waals surface area contributed by atoms with Gasteiger partial charge in [-0.15, -0.1) is 0 Å². The Labute approximate surface area is 109 Å². The molecule has 5 heteroatoms. The molecular weight excluding hydrogens is 256 g/mol. The Morgan fingerprint density at radius 1 is 1.35 bits per heavy atom. The number of halogens is 1. The van der Waals surface area contributed by atoms with Crippen LogP contribution in [0.1, 0.15) is 12.8 Å². The SMILES string of the molecule is COc1ccc(Cl)c2sc(N3CCCC3)nc12. The van der Waals surface area contributed by atoms with Gasteiger partial charge in [-0.25, -0.2) is 4.98 Å². The zero-order valence-corrected chi connectivity index (χ0v) is 11.1. The summed E-state index contributed by atoms with van der Waals surface area (Å²) in [6, 6.07) is 3.74. The summed E-state index contributed by atoms with van der Waals surface area (Å²) in [5, 5.41) is 1.81. The van der Waals surface area contributed by atoms with Crippen LogP contribution in [0.15, 0.2) is 12.1 Å². The fraction of sp³-hybridized carbons (Fsp3) is 0.417. The van der Waals surface area contributed by atoms with Crippen LogP contribution >= 0.6 is 22.9 Å². The van der Waals surface area contributed by atoms with Crippen molar-refractivity contribution in [2.75, 3.05) is 25.1 Å². The summed E-state index contributed by atoms with van der Waals surface area (Å²) >= 11 is 7.86. The van der Waals surface area contributed by atoms with Crippen molar-refractivity contribution in [2.24, 2.45) is 0 Å². The van der Waals surface area contributed by atoms with Gasteiger partial charge in [0, 0.05) is 13.1 Å². The predicted octanol–water partition coefficient (Wildman–Crippen LogP) is 3.56. The molecule has 1 aliphatic heterocycles. The number of fused-ring (bicyclic) bond motifs is 1. The van der Waals surface area contributed by atoms with Crippen LogP contribution in [0, 0.1) is 0 Å². The van der Waals surface area contributed by atoms with E-state index in [-0.39, 0.29) is 0 Å². The van der Waals surface area contributed by atoms with Crippen LogP contribution in [0.5, 0.6) is 5.75 Å². The summed E-state index contributed by atoms with van der Waals surface area (Å²) < 4.78 is 6.35. The highest BCUT2D eigenvalue weighted by atomic mass is 35.5. The summed E-state index contributed by atoms with van der Waals surface area (Å²) in [4.78, 5) is 6.98. The Hall–Kier alpha value is -1.00. The number of aromatic nitrogens is 1. The largest absolute Gasteiger partial charge is 0.494 e. The van der Waals surface area contributed by atoms with Crippen molar-refractivity contribution in [1.82, 2.24) is 4.98 Å². The normalized spacial score (nSPS) is 15.8. The predicted molar refractivity (Wildman–Crippen MR) is 72.6 cm³/mol. The summed E-state index contributed by atoms with van der Waals surface area (Å²) in [5.74, 6) is 0.797. The third kappa shape index (κ3) is 1.85. The maximum Gasteiger partial charge on any atom is 0.186 e. The number of hydrogen-bond donors (Lipinski definition) is 0. The molecule has 0 radical (unpaired) electrons. The van der Waals surface area contributed by atoms with Crippen LogP contribution in [0.25, 0.3) is 10.2 Å². The smallest absolute Gasteiger partial charge is 0.186 e. The van der Waals surface area contributed by atoms with Crippen molar-refractivity contribution >= 4 is 38.3 Å². The van der Waals surface area contributed by atoms with Crippen molar-refractivity contribution in [3.8, 4) is 5.75 Å². The molecule has 1 aromatic heterocycles. The average Bonchev–Trinajstić information content (AvgIpc) is 2.98. The van der Waals surface area contributed by atoms with Gasteiger partial charge < -0.3 is 9.64 Å². The van der Waals surface area contributed by atoms with E-state index in [1.165, 1.54) is 12.8 Å². The van der Waals surface area contributed by atoms with Crippen molar-refractivity contribution in [1.29, 1.82) is 0 Å². The highest BCUT2D eigenvalue weighted by Gasteiger charge is 2.19. The lowest BCUT2D eigenvalue weighted by molar-refractivity contribution is 0.419. The van der Waals surface area contributed by atoms with Gasteiger partial charge in [0.25, 0.3) is 0 Å². The molecule has 0 N–H and O–H groups in total. The molecule has 17 heavy (non-hydrogen) atoms. The van der Waals surface area contributed by atoms with Gasteiger partial charge >= 0.3 is 0 Å². The number of nitrogens with zero attached hydrogens (tertiary/aromatic N) is 2.